The molecule has 0 N–H and O–H groups in total. The molecule has 11 rings (SSSR count). The van der Waals surface area contributed by atoms with Crippen molar-refractivity contribution in [2.75, 3.05) is 0 Å². The number of hydrogen-bond donors (Lipinski definition) is 0. The maximum Gasteiger partial charge on any atom is 0.221 e. The predicted molar refractivity (Wildman–Crippen MR) is 250 cm³/mol. The topological polar surface area (TPSA) is 74.7 Å². The molecule has 8 aromatic carbocycles. The van der Waals surface area contributed by atoms with Crippen LogP contribution in [0.5, 0.6) is 0 Å². The predicted octanol–water partition coefficient (Wildman–Crippen LogP) is 14.2. The first kappa shape index (κ1) is 36.1. The largest absolute Gasteiger partial charge is 0.307 e. The van der Waals surface area contributed by atoms with Crippen LogP contribution in [0.3, 0.4) is 0 Å². The highest BCUT2D eigenvalue weighted by atomic mass is 15.0. The van der Waals surface area contributed by atoms with E-state index in [4.69, 9.17) is 11.6 Å². The van der Waals surface area contributed by atoms with E-state index in [2.05, 4.69) is 129 Å². The van der Waals surface area contributed by atoms with E-state index in [1.807, 2.05) is 91.0 Å². The minimum Gasteiger partial charge on any atom is -0.307 e. The summed E-state index contributed by atoms with van der Waals surface area (Å²) in [4.78, 5) is 8.99. The van der Waals surface area contributed by atoms with Gasteiger partial charge in [0, 0.05) is 44.0 Å². The highest BCUT2D eigenvalue weighted by Crippen LogP contribution is 2.46. The Morgan fingerprint density at radius 3 is 1.61 bits per heavy atom. The number of benzene rings is 8. The molecule has 0 aliphatic rings. The van der Waals surface area contributed by atoms with Gasteiger partial charge in [0.15, 0.2) is 0 Å². The summed E-state index contributed by atoms with van der Waals surface area (Å²) < 4.78 is 4.74. The number of nitrogens with zero attached hydrogens (tertiary/aromatic N) is 6. The molecule has 0 aliphatic carbocycles. The second-order valence-electron chi connectivity index (χ2n) is 15.2. The number of aromatic nitrogens is 3. The summed E-state index contributed by atoms with van der Waals surface area (Å²) >= 11 is 0. The van der Waals surface area contributed by atoms with E-state index in [1.54, 1.807) is 0 Å². The molecule has 0 fully saturated rings. The van der Waals surface area contributed by atoms with Gasteiger partial charge in [-0.3, -0.25) is 4.98 Å². The summed E-state index contributed by atoms with van der Waals surface area (Å²) in [5.74, 6) is 0. The van der Waals surface area contributed by atoms with E-state index in [-0.39, 0.29) is 5.56 Å². The van der Waals surface area contributed by atoms with Crippen LogP contribution in [0.15, 0.2) is 194 Å². The van der Waals surface area contributed by atoms with Gasteiger partial charge in [-0.15, -0.1) is 0 Å². The van der Waals surface area contributed by atoms with E-state index in [0.717, 1.165) is 66.5 Å². The lowest BCUT2D eigenvalue weighted by Crippen LogP contribution is -1.99. The molecule has 3 aromatic heterocycles. The van der Waals surface area contributed by atoms with Crippen LogP contribution in [0.25, 0.3) is 105 Å². The maximum absolute atomic E-state index is 10.8. The molecule has 62 heavy (non-hydrogen) atoms. The number of fused-ring (bicyclic) bond motifs is 7. The molecule has 286 valence electrons. The third kappa shape index (κ3) is 5.59. The number of para-hydroxylation sites is 3. The Hall–Kier alpha value is -9.02. The van der Waals surface area contributed by atoms with Gasteiger partial charge < -0.3 is 9.13 Å². The SMILES string of the molecule is [C-]#[N+]c1c(-c2ccccc2)nc(-c2ccc(-c3ccc4c(c3)c3ccc5c6ccccc6n(-c6ccccc6)c5c3n4-c3ccccc3)c(C#N)c2)c(C#N)c1-c1ccccc1. The number of hydrogen-bond acceptors (Lipinski definition) is 3. The Bertz CT molecular complexity index is 3690. The molecule has 0 atom stereocenters. The van der Waals surface area contributed by atoms with E-state index in [9.17, 15) is 10.5 Å². The third-order valence-electron chi connectivity index (χ3n) is 11.8. The lowest BCUT2D eigenvalue weighted by Gasteiger charge is -2.17. The van der Waals surface area contributed by atoms with Crippen molar-refractivity contribution in [2.24, 2.45) is 0 Å². The Morgan fingerprint density at radius 1 is 0.452 bits per heavy atom. The van der Waals surface area contributed by atoms with Gasteiger partial charge in [-0.05, 0) is 70.8 Å². The molecule has 0 amide bonds. The van der Waals surface area contributed by atoms with E-state index in [0.29, 0.717) is 33.8 Å². The highest BCUT2D eigenvalue weighted by Gasteiger charge is 2.25. The second kappa shape index (κ2) is 14.7. The Balaban J connectivity index is 1.15. The molecule has 0 spiro atoms. The summed E-state index contributed by atoms with van der Waals surface area (Å²) in [6.07, 6.45) is 0. The summed E-state index contributed by atoms with van der Waals surface area (Å²) in [5, 5.41) is 26.1. The fourth-order valence-corrected chi connectivity index (χ4v) is 9.13. The van der Waals surface area contributed by atoms with Gasteiger partial charge in [-0.25, -0.2) is 4.85 Å². The zero-order valence-corrected chi connectivity index (χ0v) is 33.2. The molecule has 0 saturated carbocycles. The summed E-state index contributed by atoms with van der Waals surface area (Å²) in [6, 6.07) is 70.2. The van der Waals surface area contributed by atoms with Crippen LogP contribution in [-0.4, -0.2) is 14.1 Å². The molecule has 0 saturated heterocycles. The van der Waals surface area contributed by atoms with E-state index >= 15 is 0 Å². The standard InChI is InChI=1S/C56H32N6/c1-59-54-51(36-16-6-2-7-17-36)48(35-58)52(60-53(54)37-18-8-3-9-19-37)39-26-28-43(40(32-39)34-57)38-27-31-50-47(33-38)46-30-29-45-44-24-14-15-25-49(44)61(41-20-10-4-11-21-41)55(45)56(46)62(50)42-22-12-5-13-23-42/h2-33H. The van der Waals surface area contributed by atoms with Crippen molar-refractivity contribution in [3.8, 4) is 68.3 Å². The fourth-order valence-electron chi connectivity index (χ4n) is 9.13. The average molecular weight is 789 g/mol. The highest BCUT2D eigenvalue weighted by molar-refractivity contribution is 6.24. The van der Waals surface area contributed by atoms with Crippen LogP contribution in [-0.2, 0) is 0 Å². The van der Waals surface area contributed by atoms with Crippen LogP contribution in [0.2, 0.25) is 0 Å². The number of pyridine rings is 1. The normalized spacial score (nSPS) is 11.2. The molecule has 0 radical (unpaired) electrons. The van der Waals surface area contributed by atoms with Crippen molar-refractivity contribution in [3.63, 3.8) is 0 Å². The van der Waals surface area contributed by atoms with Crippen molar-refractivity contribution < 1.29 is 0 Å². The van der Waals surface area contributed by atoms with Crippen molar-refractivity contribution in [1.29, 1.82) is 10.5 Å². The van der Waals surface area contributed by atoms with Gasteiger partial charge in [-0.2, -0.15) is 10.5 Å². The van der Waals surface area contributed by atoms with Gasteiger partial charge >= 0.3 is 0 Å². The Kier molecular flexibility index (Phi) is 8.54. The van der Waals surface area contributed by atoms with Gasteiger partial charge in [0.1, 0.15) is 6.07 Å². The maximum atomic E-state index is 10.8. The molecular formula is C56H32N6. The third-order valence-corrected chi connectivity index (χ3v) is 11.8. The molecule has 0 unspecified atom stereocenters. The fraction of sp³-hybridized carbons (Fsp3) is 0. The quantitative estimate of drug-likeness (QED) is 0.157. The van der Waals surface area contributed by atoms with Crippen LogP contribution in [0, 0.1) is 29.2 Å². The first-order valence-electron chi connectivity index (χ1n) is 20.3. The Labute approximate surface area is 357 Å². The molecule has 6 nitrogen and oxygen atoms in total. The van der Waals surface area contributed by atoms with Crippen molar-refractivity contribution in [3.05, 3.63) is 217 Å². The smallest absolute Gasteiger partial charge is 0.221 e. The van der Waals surface area contributed by atoms with Crippen LogP contribution < -0.4 is 0 Å². The summed E-state index contributed by atoms with van der Waals surface area (Å²) in [6.45, 7) is 8.26. The van der Waals surface area contributed by atoms with Crippen molar-refractivity contribution >= 4 is 49.3 Å². The van der Waals surface area contributed by atoms with Crippen molar-refractivity contribution in [2.45, 2.75) is 0 Å². The van der Waals surface area contributed by atoms with Gasteiger partial charge in [-0.1, -0.05) is 146 Å². The molecule has 0 aliphatic heterocycles. The van der Waals surface area contributed by atoms with Crippen LogP contribution in [0.1, 0.15) is 11.1 Å². The van der Waals surface area contributed by atoms with Crippen LogP contribution in [0.4, 0.5) is 5.69 Å². The first-order valence-corrected chi connectivity index (χ1v) is 20.3. The van der Waals surface area contributed by atoms with Crippen molar-refractivity contribution in [1.82, 2.24) is 14.1 Å². The summed E-state index contributed by atoms with van der Waals surface area (Å²) in [7, 11) is 0. The van der Waals surface area contributed by atoms with Gasteiger partial charge in [0.2, 0.25) is 5.69 Å². The monoisotopic (exact) mass is 788 g/mol. The second-order valence-corrected chi connectivity index (χ2v) is 15.2. The van der Waals surface area contributed by atoms with Crippen LogP contribution >= 0.6 is 0 Å². The summed E-state index contributed by atoms with van der Waals surface area (Å²) in [5.41, 5.74) is 12.8. The average Bonchev–Trinajstić information content (AvgIpc) is 3.87. The number of nitriles is 2. The molecule has 0 bridgehead atoms. The van der Waals surface area contributed by atoms with E-state index < -0.39 is 0 Å². The molecular weight excluding hydrogens is 757 g/mol. The molecule has 11 aromatic rings. The lowest BCUT2D eigenvalue weighted by atomic mass is 9.90. The van der Waals surface area contributed by atoms with E-state index in [1.165, 1.54) is 10.8 Å². The minimum atomic E-state index is 0.285. The van der Waals surface area contributed by atoms with Gasteiger partial charge in [0.05, 0.1) is 57.2 Å². The van der Waals surface area contributed by atoms with Gasteiger partial charge in [0.25, 0.3) is 0 Å². The number of rotatable bonds is 6. The minimum absolute atomic E-state index is 0.285. The lowest BCUT2D eigenvalue weighted by molar-refractivity contribution is 1.15. The molecule has 6 heteroatoms. The zero-order chi connectivity index (χ0) is 41.7. The Morgan fingerprint density at radius 2 is 1.00 bits per heavy atom. The first-order chi connectivity index (χ1) is 30.7. The molecule has 3 heterocycles. The zero-order valence-electron chi connectivity index (χ0n) is 33.2.